The lowest BCUT2D eigenvalue weighted by molar-refractivity contribution is -0.144. The molecule has 0 bridgehead atoms. The van der Waals surface area contributed by atoms with Crippen LogP contribution in [0.1, 0.15) is 25.8 Å². The number of carboxylic acids is 1. The van der Waals surface area contributed by atoms with Gasteiger partial charge in [0.15, 0.2) is 6.10 Å². The minimum absolute atomic E-state index is 0.214. The standard InChI is InChI=1S/C16H20ClNO4/c1-9-4-5-13(17)14(8-9)22-11(3)15(19)18-7-6-12(10(18)2)16(20)21/h4-5,8,10-12H,6-7H2,1-3H3,(H,20,21). The number of likely N-dealkylation sites (tertiary alicyclic amines) is 1. The molecule has 0 saturated carbocycles. The summed E-state index contributed by atoms with van der Waals surface area (Å²) >= 11 is 6.07. The van der Waals surface area contributed by atoms with E-state index in [0.717, 1.165) is 5.56 Å². The summed E-state index contributed by atoms with van der Waals surface area (Å²) in [6, 6.07) is 5.04. The van der Waals surface area contributed by atoms with Gasteiger partial charge in [0.25, 0.3) is 5.91 Å². The van der Waals surface area contributed by atoms with Crippen LogP contribution in [0.15, 0.2) is 18.2 Å². The summed E-state index contributed by atoms with van der Waals surface area (Å²) in [4.78, 5) is 25.2. The molecule has 3 unspecified atom stereocenters. The zero-order valence-corrected chi connectivity index (χ0v) is 13.6. The van der Waals surface area contributed by atoms with Crippen molar-refractivity contribution < 1.29 is 19.4 Å². The van der Waals surface area contributed by atoms with Crippen LogP contribution in [0.2, 0.25) is 5.02 Å². The van der Waals surface area contributed by atoms with E-state index >= 15 is 0 Å². The number of hydrogen-bond donors (Lipinski definition) is 1. The van der Waals surface area contributed by atoms with Crippen LogP contribution in [0.25, 0.3) is 0 Å². The number of nitrogens with zero attached hydrogens (tertiary/aromatic N) is 1. The molecule has 1 aliphatic rings. The summed E-state index contributed by atoms with van der Waals surface area (Å²) in [5.74, 6) is -1.13. The van der Waals surface area contributed by atoms with Crippen LogP contribution in [0.5, 0.6) is 5.75 Å². The second-order valence-electron chi connectivity index (χ2n) is 5.70. The molecular weight excluding hydrogens is 306 g/mol. The summed E-state index contributed by atoms with van der Waals surface area (Å²) in [7, 11) is 0. The SMILES string of the molecule is Cc1ccc(Cl)c(OC(C)C(=O)N2CCC(C(=O)O)C2C)c1. The molecule has 2 rings (SSSR count). The Morgan fingerprint density at radius 2 is 2.14 bits per heavy atom. The van der Waals surface area contributed by atoms with Gasteiger partial charge >= 0.3 is 5.97 Å². The Balaban J connectivity index is 2.07. The van der Waals surface area contributed by atoms with E-state index < -0.39 is 18.0 Å². The normalized spacial score (nSPS) is 22.5. The van der Waals surface area contributed by atoms with Crippen molar-refractivity contribution in [3.63, 3.8) is 0 Å². The number of ether oxygens (including phenoxy) is 1. The molecule has 1 saturated heterocycles. The molecule has 1 heterocycles. The van der Waals surface area contributed by atoms with Crippen molar-refractivity contribution in [1.82, 2.24) is 4.90 Å². The number of amides is 1. The number of carbonyl (C=O) groups excluding carboxylic acids is 1. The zero-order chi connectivity index (χ0) is 16.4. The first kappa shape index (κ1) is 16.6. The fraction of sp³-hybridized carbons (Fsp3) is 0.500. The van der Waals surface area contributed by atoms with Crippen LogP contribution in [-0.2, 0) is 9.59 Å². The van der Waals surface area contributed by atoms with Gasteiger partial charge in [-0.25, -0.2) is 0 Å². The lowest BCUT2D eigenvalue weighted by Crippen LogP contribution is -2.44. The largest absolute Gasteiger partial charge is 0.481 e. The molecule has 0 spiro atoms. The number of carbonyl (C=O) groups is 2. The predicted molar refractivity (Wildman–Crippen MR) is 83.2 cm³/mol. The molecule has 1 N–H and O–H groups in total. The maximum absolute atomic E-state index is 12.5. The second kappa shape index (κ2) is 6.57. The van der Waals surface area contributed by atoms with Crippen LogP contribution in [0, 0.1) is 12.8 Å². The highest BCUT2D eigenvalue weighted by atomic mass is 35.5. The van der Waals surface area contributed by atoms with Crippen molar-refractivity contribution >= 4 is 23.5 Å². The quantitative estimate of drug-likeness (QED) is 0.924. The van der Waals surface area contributed by atoms with Crippen molar-refractivity contribution in [1.29, 1.82) is 0 Å². The number of hydrogen-bond acceptors (Lipinski definition) is 3. The fourth-order valence-corrected chi connectivity index (χ4v) is 2.92. The lowest BCUT2D eigenvalue weighted by Gasteiger charge is -2.26. The van der Waals surface area contributed by atoms with E-state index in [1.54, 1.807) is 30.9 Å². The summed E-state index contributed by atoms with van der Waals surface area (Å²) < 4.78 is 5.67. The van der Waals surface area contributed by atoms with Gasteiger partial charge in [0.1, 0.15) is 5.75 Å². The summed E-state index contributed by atoms with van der Waals surface area (Å²) in [5.41, 5.74) is 0.986. The Bertz CT molecular complexity index is 590. The van der Waals surface area contributed by atoms with Crippen molar-refractivity contribution in [3.8, 4) is 5.75 Å². The smallest absolute Gasteiger partial charge is 0.308 e. The Labute approximate surface area is 134 Å². The van der Waals surface area contributed by atoms with E-state index in [0.29, 0.717) is 23.7 Å². The monoisotopic (exact) mass is 325 g/mol. The van der Waals surface area contributed by atoms with E-state index in [2.05, 4.69) is 0 Å². The van der Waals surface area contributed by atoms with Gasteiger partial charge in [0, 0.05) is 12.6 Å². The number of rotatable bonds is 4. The highest BCUT2D eigenvalue weighted by molar-refractivity contribution is 6.32. The minimum Gasteiger partial charge on any atom is -0.481 e. The van der Waals surface area contributed by atoms with Crippen LogP contribution in [0.3, 0.4) is 0 Å². The average Bonchev–Trinajstić information content (AvgIpc) is 2.83. The molecule has 3 atom stereocenters. The van der Waals surface area contributed by atoms with Crippen molar-refractivity contribution in [2.75, 3.05) is 6.54 Å². The first-order chi connectivity index (χ1) is 10.3. The summed E-state index contributed by atoms with van der Waals surface area (Å²) in [6.45, 7) is 5.76. The van der Waals surface area contributed by atoms with Crippen LogP contribution >= 0.6 is 11.6 Å². The van der Waals surface area contributed by atoms with Crippen LogP contribution in [0.4, 0.5) is 0 Å². The van der Waals surface area contributed by atoms with Gasteiger partial charge in [0.2, 0.25) is 0 Å². The average molecular weight is 326 g/mol. The molecule has 0 aliphatic carbocycles. The minimum atomic E-state index is -0.863. The molecule has 0 aromatic heterocycles. The third-order valence-corrected chi connectivity index (χ3v) is 4.41. The maximum atomic E-state index is 12.5. The third-order valence-electron chi connectivity index (χ3n) is 4.09. The van der Waals surface area contributed by atoms with E-state index in [4.69, 9.17) is 21.4 Å². The number of halogens is 1. The molecule has 22 heavy (non-hydrogen) atoms. The molecule has 1 aromatic rings. The third kappa shape index (κ3) is 3.35. The number of aliphatic carboxylic acids is 1. The fourth-order valence-electron chi connectivity index (χ4n) is 2.76. The molecule has 1 aliphatic heterocycles. The van der Waals surface area contributed by atoms with Gasteiger partial charge in [-0.1, -0.05) is 17.7 Å². The zero-order valence-electron chi connectivity index (χ0n) is 12.9. The Morgan fingerprint density at radius 3 is 2.73 bits per heavy atom. The van der Waals surface area contributed by atoms with Crippen molar-refractivity contribution in [2.45, 2.75) is 39.3 Å². The first-order valence-corrected chi connectivity index (χ1v) is 7.65. The van der Waals surface area contributed by atoms with Crippen molar-refractivity contribution in [3.05, 3.63) is 28.8 Å². The molecule has 1 amide bonds. The van der Waals surface area contributed by atoms with E-state index in [1.807, 2.05) is 13.0 Å². The van der Waals surface area contributed by atoms with Gasteiger partial charge in [-0.15, -0.1) is 0 Å². The van der Waals surface area contributed by atoms with E-state index in [1.165, 1.54) is 0 Å². The topological polar surface area (TPSA) is 66.8 Å². The lowest BCUT2D eigenvalue weighted by atomic mass is 10.0. The maximum Gasteiger partial charge on any atom is 0.308 e. The predicted octanol–water partition coefficient (Wildman–Crippen LogP) is 2.74. The van der Waals surface area contributed by atoms with Gasteiger partial charge in [-0.2, -0.15) is 0 Å². The van der Waals surface area contributed by atoms with Crippen LogP contribution < -0.4 is 4.74 Å². The van der Waals surface area contributed by atoms with Crippen molar-refractivity contribution in [2.24, 2.45) is 5.92 Å². The molecule has 120 valence electrons. The second-order valence-corrected chi connectivity index (χ2v) is 6.11. The van der Waals surface area contributed by atoms with Gasteiger partial charge in [0.05, 0.1) is 10.9 Å². The summed E-state index contributed by atoms with van der Waals surface area (Å²) in [6.07, 6.45) is -0.241. The highest BCUT2D eigenvalue weighted by Gasteiger charge is 2.39. The molecular formula is C16H20ClNO4. The molecule has 6 heteroatoms. The number of aryl methyl sites for hydroxylation is 1. The van der Waals surface area contributed by atoms with Gasteiger partial charge < -0.3 is 14.7 Å². The highest BCUT2D eigenvalue weighted by Crippen LogP contribution is 2.28. The van der Waals surface area contributed by atoms with E-state index in [9.17, 15) is 9.59 Å². The van der Waals surface area contributed by atoms with Crippen LogP contribution in [-0.4, -0.2) is 40.6 Å². The molecule has 1 fully saturated rings. The Kier molecular flexibility index (Phi) is 4.96. The molecule has 0 radical (unpaired) electrons. The molecule has 1 aromatic carbocycles. The van der Waals surface area contributed by atoms with E-state index in [-0.39, 0.29) is 11.9 Å². The number of carboxylic acid groups (broad SMARTS) is 1. The number of benzene rings is 1. The van der Waals surface area contributed by atoms with Gasteiger partial charge in [-0.05, 0) is 44.9 Å². The Morgan fingerprint density at radius 1 is 1.45 bits per heavy atom. The first-order valence-electron chi connectivity index (χ1n) is 7.27. The Hall–Kier alpha value is -1.75. The van der Waals surface area contributed by atoms with Gasteiger partial charge in [-0.3, -0.25) is 9.59 Å². The molecule has 5 nitrogen and oxygen atoms in total. The summed E-state index contributed by atoms with van der Waals surface area (Å²) in [5, 5.41) is 9.58.